The first-order valence-electron chi connectivity index (χ1n) is 6.45. The maximum Gasteiger partial charge on any atom is 0.320 e. The van der Waals surface area contributed by atoms with E-state index < -0.39 is 24.0 Å². The van der Waals surface area contributed by atoms with Crippen LogP contribution in [-0.4, -0.2) is 47.3 Å². The van der Waals surface area contributed by atoms with E-state index in [1.54, 1.807) is 0 Å². The summed E-state index contributed by atoms with van der Waals surface area (Å²) in [6.45, 7) is 4.75. The largest absolute Gasteiger partial charge is 0.480 e. The maximum absolute atomic E-state index is 10.9. The molecule has 0 radical (unpaired) electrons. The smallest absolute Gasteiger partial charge is 0.320 e. The molecular weight excluding hydrogens is 236 g/mol. The first kappa shape index (κ1) is 16.9. The van der Waals surface area contributed by atoms with Crippen LogP contribution >= 0.6 is 0 Å². The molecule has 0 rings (SSSR count). The van der Waals surface area contributed by atoms with Crippen molar-refractivity contribution in [1.82, 2.24) is 10.6 Å². The predicted molar refractivity (Wildman–Crippen MR) is 68.7 cm³/mol. The Bertz CT molecular complexity index is 232. The van der Waals surface area contributed by atoms with Gasteiger partial charge in [0.15, 0.2) is 0 Å². The maximum atomic E-state index is 10.9. The van der Waals surface area contributed by atoms with Crippen LogP contribution in [-0.2, 0) is 9.59 Å². The first-order chi connectivity index (χ1) is 8.52. The summed E-state index contributed by atoms with van der Waals surface area (Å²) in [5.74, 6) is -1.72. The van der Waals surface area contributed by atoms with Gasteiger partial charge in [-0.3, -0.25) is 9.59 Å². The topological polar surface area (TPSA) is 98.7 Å². The molecule has 0 unspecified atom stereocenters. The number of hydrogen-bond acceptors (Lipinski definition) is 4. The molecule has 0 saturated heterocycles. The van der Waals surface area contributed by atoms with E-state index in [9.17, 15) is 9.59 Å². The number of carboxylic acids is 2. The number of carboxylic acid groups (broad SMARTS) is 2. The highest BCUT2D eigenvalue weighted by Gasteiger charge is 2.17. The molecule has 6 nitrogen and oxygen atoms in total. The minimum absolute atomic E-state index is 0.449. The molecule has 2 atom stereocenters. The summed E-state index contributed by atoms with van der Waals surface area (Å²) in [6.07, 6.45) is 2.75. The van der Waals surface area contributed by atoms with E-state index in [1.807, 2.05) is 13.8 Å². The van der Waals surface area contributed by atoms with Crippen molar-refractivity contribution in [1.29, 1.82) is 0 Å². The van der Waals surface area contributed by atoms with Crippen molar-refractivity contribution in [3.8, 4) is 0 Å². The summed E-state index contributed by atoms with van der Waals surface area (Å²) < 4.78 is 0. The molecule has 0 aromatic heterocycles. The second-order valence-corrected chi connectivity index (χ2v) is 4.27. The second-order valence-electron chi connectivity index (χ2n) is 4.27. The van der Waals surface area contributed by atoms with Crippen molar-refractivity contribution >= 4 is 11.9 Å². The highest BCUT2D eigenvalue weighted by atomic mass is 16.4. The van der Waals surface area contributed by atoms with Crippen LogP contribution in [0, 0.1) is 0 Å². The number of hydrogen-bond donors (Lipinski definition) is 4. The lowest BCUT2D eigenvalue weighted by Crippen LogP contribution is -2.44. The quantitative estimate of drug-likeness (QED) is 0.408. The molecule has 0 fully saturated rings. The third-order valence-corrected chi connectivity index (χ3v) is 2.66. The molecule has 106 valence electrons. The van der Waals surface area contributed by atoms with Crippen molar-refractivity contribution in [3.05, 3.63) is 0 Å². The van der Waals surface area contributed by atoms with Gasteiger partial charge in [-0.25, -0.2) is 0 Å². The molecule has 0 bridgehead atoms. The van der Waals surface area contributed by atoms with Gasteiger partial charge in [-0.15, -0.1) is 0 Å². The van der Waals surface area contributed by atoms with E-state index >= 15 is 0 Å². The van der Waals surface area contributed by atoms with Crippen LogP contribution in [0.25, 0.3) is 0 Å². The first-order valence-corrected chi connectivity index (χ1v) is 6.45. The molecule has 0 aliphatic carbocycles. The van der Waals surface area contributed by atoms with Crippen LogP contribution < -0.4 is 10.6 Å². The Labute approximate surface area is 108 Å². The lowest BCUT2D eigenvalue weighted by atomic mass is 10.1. The van der Waals surface area contributed by atoms with E-state index in [-0.39, 0.29) is 0 Å². The molecule has 0 heterocycles. The van der Waals surface area contributed by atoms with Crippen LogP contribution in [0.5, 0.6) is 0 Å². The summed E-state index contributed by atoms with van der Waals surface area (Å²) in [7, 11) is 0. The SMILES string of the molecule is CCC[C@H](NCCN[C@@H](CCC)C(=O)O)C(=O)O. The molecule has 0 amide bonds. The van der Waals surface area contributed by atoms with Crippen molar-refractivity contribution < 1.29 is 19.8 Å². The normalized spacial score (nSPS) is 14.1. The molecule has 0 aliphatic heterocycles. The summed E-state index contributed by atoms with van der Waals surface area (Å²) in [5.41, 5.74) is 0. The summed E-state index contributed by atoms with van der Waals surface area (Å²) in [4.78, 5) is 21.7. The average molecular weight is 260 g/mol. The highest BCUT2D eigenvalue weighted by Crippen LogP contribution is 1.97. The highest BCUT2D eigenvalue weighted by molar-refractivity contribution is 5.73. The Morgan fingerprint density at radius 1 is 0.889 bits per heavy atom. The molecular formula is C12H24N2O4. The zero-order valence-corrected chi connectivity index (χ0v) is 11.1. The van der Waals surface area contributed by atoms with Gasteiger partial charge >= 0.3 is 11.9 Å². The summed E-state index contributed by atoms with van der Waals surface area (Å²) in [5, 5.41) is 23.6. The van der Waals surface area contributed by atoms with Crippen LogP contribution in [0.3, 0.4) is 0 Å². The van der Waals surface area contributed by atoms with E-state index in [0.29, 0.717) is 25.9 Å². The van der Waals surface area contributed by atoms with Gasteiger partial charge in [0.2, 0.25) is 0 Å². The Hall–Kier alpha value is -1.14. The van der Waals surface area contributed by atoms with E-state index in [2.05, 4.69) is 10.6 Å². The van der Waals surface area contributed by atoms with Gasteiger partial charge in [-0.05, 0) is 12.8 Å². The third-order valence-electron chi connectivity index (χ3n) is 2.66. The van der Waals surface area contributed by atoms with Gasteiger partial charge in [0.05, 0.1) is 0 Å². The lowest BCUT2D eigenvalue weighted by molar-refractivity contribution is -0.141. The van der Waals surface area contributed by atoms with Crippen LogP contribution in [0.4, 0.5) is 0 Å². The fourth-order valence-corrected chi connectivity index (χ4v) is 1.70. The Morgan fingerprint density at radius 3 is 1.44 bits per heavy atom. The van der Waals surface area contributed by atoms with E-state index in [4.69, 9.17) is 10.2 Å². The molecule has 18 heavy (non-hydrogen) atoms. The molecule has 6 heteroatoms. The van der Waals surface area contributed by atoms with Gasteiger partial charge in [-0.1, -0.05) is 26.7 Å². The monoisotopic (exact) mass is 260 g/mol. The number of aliphatic carboxylic acids is 2. The fourth-order valence-electron chi connectivity index (χ4n) is 1.70. The van der Waals surface area contributed by atoms with Gasteiger partial charge in [0, 0.05) is 13.1 Å². The van der Waals surface area contributed by atoms with Gasteiger partial charge in [-0.2, -0.15) is 0 Å². The van der Waals surface area contributed by atoms with Crippen LogP contribution in [0.1, 0.15) is 39.5 Å². The molecule has 0 saturated carbocycles. The van der Waals surface area contributed by atoms with E-state index in [0.717, 1.165) is 12.8 Å². The van der Waals surface area contributed by atoms with E-state index in [1.165, 1.54) is 0 Å². The molecule has 0 aliphatic rings. The van der Waals surface area contributed by atoms with Crippen molar-refractivity contribution in [3.63, 3.8) is 0 Å². The third kappa shape index (κ3) is 7.24. The van der Waals surface area contributed by atoms with Crippen LogP contribution in [0.15, 0.2) is 0 Å². The zero-order chi connectivity index (χ0) is 14.0. The molecule has 0 aromatic carbocycles. The van der Waals surface area contributed by atoms with Crippen LogP contribution in [0.2, 0.25) is 0 Å². The Morgan fingerprint density at radius 2 is 1.22 bits per heavy atom. The summed E-state index contributed by atoms with van der Waals surface area (Å²) in [6, 6.07) is -1.10. The number of rotatable bonds is 11. The van der Waals surface area contributed by atoms with Crippen molar-refractivity contribution in [2.45, 2.75) is 51.6 Å². The lowest BCUT2D eigenvalue weighted by Gasteiger charge is -2.16. The minimum Gasteiger partial charge on any atom is -0.480 e. The predicted octanol–water partition coefficient (Wildman–Crippen LogP) is 0.672. The molecule has 4 N–H and O–H groups in total. The Balaban J connectivity index is 3.87. The zero-order valence-electron chi connectivity index (χ0n) is 11.1. The van der Waals surface area contributed by atoms with Gasteiger partial charge in [0.1, 0.15) is 12.1 Å². The minimum atomic E-state index is -0.861. The molecule has 0 spiro atoms. The van der Waals surface area contributed by atoms with Crippen molar-refractivity contribution in [2.75, 3.05) is 13.1 Å². The van der Waals surface area contributed by atoms with Gasteiger partial charge in [0.25, 0.3) is 0 Å². The van der Waals surface area contributed by atoms with Gasteiger partial charge < -0.3 is 20.8 Å². The van der Waals surface area contributed by atoms with Crippen molar-refractivity contribution in [2.24, 2.45) is 0 Å². The number of carbonyl (C=O) groups is 2. The second kappa shape index (κ2) is 9.85. The Kier molecular flexibility index (Phi) is 9.22. The molecule has 0 aromatic rings. The summed E-state index contributed by atoms with van der Waals surface area (Å²) >= 11 is 0. The number of nitrogens with one attached hydrogen (secondary N) is 2. The standard InChI is InChI=1S/C12H24N2O4/c1-3-5-9(11(15)16)13-7-8-14-10(6-4-2)12(17)18/h9-10,13-14H,3-8H2,1-2H3,(H,15,16)(H,17,18)/t9-,10-/m0/s1. The fraction of sp³-hybridized carbons (Fsp3) is 0.833. The average Bonchev–Trinajstić information content (AvgIpc) is 2.30.